The topological polar surface area (TPSA) is 72.2 Å². The molecule has 0 aliphatic carbocycles. The number of carbonyl (C=O) groups is 2. The predicted octanol–water partition coefficient (Wildman–Crippen LogP) is 0.190. The van der Waals surface area contributed by atoms with Crippen molar-refractivity contribution >= 4 is 11.8 Å². The Labute approximate surface area is 78.2 Å². The van der Waals surface area contributed by atoms with Crippen LogP contribution in [0.2, 0.25) is 0 Å². The zero-order valence-corrected chi connectivity index (χ0v) is 8.09. The van der Waals surface area contributed by atoms with Crippen LogP contribution in [0.3, 0.4) is 0 Å². The van der Waals surface area contributed by atoms with Crippen molar-refractivity contribution in [2.45, 2.75) is 20.3 Å². The van der Waals surface area contributed by atoms with E-state index in [1.807, 2.05) is 13.8 Å². The second kappa shape index (κ2) is 5.48. The molecule has 0 atom stereocenters. The molecule has 0 aliphatic heterocycles. The van der Waals surface area contributed by atoms with Crippen LogP contribution in [0.25, 0.3) is 0 Å². The van der Waals surface area contributed by atoms with Gasteiger partial charge >= 0.3 is 0 Å². The normalized spacial score (nSPS) is 9.85. The summed E-state index contributed by atoms with van der Waals surface area (Å²) in [4.78, 5) is 21.9. The highest BCUT2D eigenvalue weighted by atomic mass is 16.2. The zero-order valence-electron chi connectivity index (χ0n) is 8.09. The lowest BCUT2D eigenvalue weighted by molar-refractivity contribution is -0.127. The SMILES string of the molecule is C=C(CC(C)C)C(=O)NC(=O)CN. The van der Waals surface area contributed by atoms with E-state index >= 15 is 0 Å². The monoisotopic (exact) mass is 184 g/mol. The minimum Gasteiger partial charge on any atom is -0.322 e. The first-order valence-electron chi connectivity index (χ1n) is 4.19. The molecule has 0 spiro atoms. The number of hydrogen-bond acceptors (Lipinski definition) is 3. The van der Waals surface area contributed by atoms with Crippen molar-refractivity contribution in [3.63, 3.8) is 0 Å². The maximum absolute atomic E-state index is 11.2. The van der Waals surface area contributed by atoms with E-state index in [0.29, 0.717) is 17.9 Å². The van der Waals surface area contributed by atoms with E-state index in [-0.39, 0.29) is 6.54 Å². The van der Waals surface area contributed by atoms with E-state index in [4.69, 9.17) is 5.73 Å². The van der Waals surface area contributed by atoms with E-state index in [1.54, 1.807) is 0 Å². The maximum Gasteiger partial charge on any atom is 0.253 e. The fourth-order valence-corrected chi connectivity index (χ4v) is 0.852. The molecule has 4 heteroatoms. The molecule has 0 bridgehead atoms. The molecule has 0 fully saturated rings. The largest absolute Gasteiger partial charge is 0.322 e. The Morgan fingerprint density at radius 3 is 2.38 bits per heavy atom. The van der Waals surface area contributed by atoms with Gasteiger partial charge in [0.25, 0.3) is 5.91 Å². The van der Waals surface area contributed by atoms with Crippen molar-refractivity contribution in [2.24, 2.45) is 11.7 Å². The van der Waals surface area contributed by atoms with Crippen LogP contribution in [-0.4, -0.2) is 18.4 Å². The third kappa shape index (κ3) is 5.14. The Hall–Kier alpha value is -1.16. The van der Waals surface area contributed by atoms with Gasteiger partial charge in [-0.2, -0.15) is 0 Å². The molecular formula is C9H16N2O2. The third-order valence-electron chi connectivity index (χ3n) is 1.41. The van der Waals surface area contributed by atoms with Crippen LogP contribution >= 0.6 is 0 Å². The third-order valence-corrected chi connectivity index (χ3v) is 1.41. The molecule has 2 amide bonds. The van der Waals surface area contributed by atoms with E-state index in [0.717, 1.165) is 0 Å². The van der Waals surface area contributed by atoms with Gasteiger partial charge in [0.05, 0.1) is 6.54 Å². The molecule has 0 saturated heterocycles. The van der Waals surface area contributed by atoms with Crippen LogP contribution in [0.5, 0.6) is 0 Å². The van der Waals surface area contributed by atoms with Gasteiger partial charge in [0.1, 0.15) is 0 Å². The quantitative estimate of drug-likeness (QED) is 0.613. The lowest BCUT2D eigenvalue weighted by Gasteiger charge is -2.07. The van der Waals surface area contributed by atoms with Crippen molar-refractivity contribution < 1.29 is 9.59 Å². The van der Waals surface area contributed by atoms with E-state index in [1.165, 1.54) is 0 Å². The van der Waals surface area contributed by atoms with Crippen LogP contribution < -0.4 is 11.1 Å². The Morgan fingerprint density at radius 1 is 1.46 bits per heavy atom. The van der Waals surface area contributed by atoms with Crippen LogP contribution in [0, 0.1) is 5.92 Å². The summed E-state index contributed by atoms with van der Waals surface area (Å²) in [6.07, 6.45) is 0.587. The first-order valence-corrected chi connectivity index (χ1v) is 4.19. The Morgan fingerprint density at radius 2 is 2.00 bits per heavy atom. The number of amides is 2. The van der Waals surface area contributed by atoms with Crippen molar-refractivity contribution in [1.29, 1.82) is 0 Å². The highest BCUT2D eigenvalue weighted by Gasteiger charge is 2.10. The summed E-state index contributed by atoms with van der Waals surface area (Å²) in [5.41, 5.74) is 5.44. The summed E-state index contributed by atoms with van der Waals surface area (Å²) in [5, 5.41) is 2.13. The summed E-state index contributed by atoms with van der Waals surface area (Å²) >= 11 is 0. The number of rotatable bonds is 4. The first-order chi connectivity index (χ1) is 5.97. The average Bonchev–Trinajstić information content (AvgIpc) is 2.02. The molecule has 0 heterocycles. The molecule has 4 nitrogen and oxygen atoms in total. The van der Waals surface area contributed by atoms with Crippen LogP contribution in [0.1, 0.15) is 20.3 Å². The maximum atomic E-state index is 11.2. The van der Waals surface area contributed by atoms with Gasteiger partial charge in [-0.15, -0.1) is 0 Å². The first kappa shape index (κ1) is 11.8. The van der Waals surface area contributed by atoms with Crippen LogP contribution in [0.15, 0.2) is 12.2 Å². The second-order valence-corrected chi connectivity index (χ2v) is 3.28. The van der Waals surface area contributed by atoms with Crippen molar-refractivity contribution in [2.75, 3.05) is 6.54 Å². The predicted molar refractivity (Wildman–Crippen MR) is 50.8 cm³/mol. The highest BCUT2D eigenvalue weighted by Crippen LogP contribution is 2.07. The minimum atomic E-state index is -0.477. The van der Waals surface area contributed by atoms with E-state index in [9.17, 15) is 9.59 Å². The fourth-order valence-electron chi connectivity index (χ4n) is 0.852. The van der Waals surface area contributed by atoms with Crippen molar-refractivity contribution in [1.82, 2.24) is 5.32 Å². The molecule has 0 saturated carbocycles. The van der Waals surface area contributed by atoms with Crippen LogP contribution in [0.4, 0.5) is 0 Å². The van der Waals surface area contributed by atoms with Gasteiger partial charge in [0.15, 0.2) is 0 Å². The van der Waals surface area contributed by atoms with Gasteiger partial charge in [-0.1, -0.05) is 20.4 Å². The lowest BCUT2D eigenvalue weighted by atomic mass is 10.0. The molecule has 74 valence electrons. The fraction of sp³-hybridized carbons (Fsp3) is 0.556. The van der Waals surface area contributed by atoms with Gasteiger partial charge in [-0.3, -0.25) is 14.9 Å². The molecule has 0 aliphatic rings. The van der Waals surface area contributed by atoms with Gasteiger partial charge in [-0.25, -0.2) is 0 Å². The van der Waals surface area contributed by atoms with Gasteiger partial charge in [-0.05, 0) is 12.3 Å². The standard InChI is InChI=1S/C9H16N2O2/c1-6(2)4-7(3)9(13)11-8(12)5-10/h6H,3-5,10H2,1-2H3,(H,11,12,13). The second-order valence-electron chi connectivity index (χ2n) is 3.28. The summed E-state index contributed by atoms with van der Waals surface area (Å²) in [5.74, 6) is -0.551. The van der Waals surface area contributed by atoms with Crippen LogP contribution in [-0.2, 0) is 9.59 Å². The summed E-state index contributed by atoms with van der Waals surface area (Å²) in [6, 6.07) is 0. The molecule has 0 rings (SSSR count). The summed E-state index contributed by atoms with van der Waals surface area (Å²) in [6.45, 7) is 7.35. The lowest BCUT2D eigenvalue weighted by Crippen LogP contribution is -2.36. The van der Waals surface area contributed by atoms with Gasteiger partial charge < -0.3 is 5.73 Å². The van der Waals surface area contributed by atoms with E-state index < -0.39 is 11.8 Å². The number of nitrogens with two attached hydrogens (primary N) is 1. The van der Waals surface area contributed by atoms with E-state index in [2.05, 4.69) is 11.9 Å². The van der Waals surface area contributed by atoms with Crippen molar-refractivity contribution in [3.8, 4) is 0 Å². The minimum absolute atomic E-state index is 0.180. The molecule has 0 aromatic heterocycles. The number of nitrogens with one attached hydrogen (secondary N) is 1. The molecule has 3 N–H and O–H groups in total. The molecule has 0 aromatic rings. The van der Waals surface area contributed by atoms with Gasteiger partial charge in [0, 0.05) is 5.57 Å². The Balaban J connectivity index is 3.97. The zero-order chi connectivity index (χ0) is 10.4. The molecule has 0 unspecified atom stereocenters. The van der Waals surface area contributed by atoms with Gasteiger partial charge in [0.2, 0.25) is 5.91 Å². The molecule has 0 radical (unpaired) electrons. The Kier molecular flexibility index (Phi) is 4.99. The number of carbonyl (C=O) groups excluding carboxylic acids is 2. The number of hydrogen-bond donors (Lipinski definition) is 2. The highest BCUT2D eigenvalue weighted by molar-refractivity contribution is 6.04. The Bertz CT molecular complexity index is 222. The summed E-state index contributed by atoms with van der Waals surface area (Å²) in [7, 11) is 0. The molecule has 0 aromatic carbocycles. The number of imide groups is 1. The summed E-state index contributed by atoms with van der Waals surface area (Å²) < 4.78 is 0. The average molecular weight is 184 g/mol. The van der Waals surface area contributed by atoms with Crippen molar-refractivity contribution in [3.05, 3.63) is 12.2 Å². The molecule has 13 heavy (non-hydrogen) atoms. The molecular weight excluding hydrogens is 168 g/mol. The smallest absolute Gasteiger partial charge is 0.253 e.